The largest absolute Gasteiger partial charge is 0.416 e. The summed E-state index contributed by atoms with van der Waals surface area (Å²) in [6.07, 6.45) is -3.97. The maximum atomic E-state index is 12.2. The molecule has 16 heavy (non-hydrogen) atoms. The molecule has 2 nitrogen and oxygen atoms in total. The zero-order valence-electron chi connectivity index (χ0n) is 8.71. The maximum absolute atomic E-state index is 12.2. The summed E-state index contributed by atoms with van der Waals surface area (Å²) in [4.78, 5) is 10.8. The molecule has 0 spiro atoms. The molecule has 5 heteroatoms. The Morgan fingerprint density at radius 2 is 1.81 bits per heavy atom. The lowest BCUT2D eigenvalue weighted by atomic mass is 10.00. The van der Waals surface area contributed by atoms with Crippen LogP contribution >= 0.6 is 0 Å². The monoisotopic (exact) mass is 231 g/mol. The highest BCUT2D eigenvalue weighted by atomic mass is 19.4. The predicted octanol–water partition coefficient (Wildman–Crippen LogP) is 2.37. The topological polar surface area (TPSA) is 43.1 Å². The average Bonchev–Trinajstić information content (AvgIpc) is 2.17. The van der Waals surface area contributed by atoms with Crippen molar-refractivity contribution in [2.75, 3.05) is 0 Å². The third kappa shape index (κ3) is 3.25. The van der Waals surface area contributed by atoms with E-state index in [2.05, 4.69) is 0 Å². The van der Waals surface area contributed by atoms with Gasteiger partial charge in [0.15, 0.2) is 0 Å². The molecule has 0 bridgehead atoms. The van der Waals surface area contributed by atoms with Crippen LogP contribution in [0.4, 0.5) is 13.2 Å². The fraction of sp³-hybridized carbons (Fsp3) is 0.364. The van der Waals surface area contributed by atoms with E-state index in [1.54, 1.807) is 6.92 Å². The Labute approximate surface area is 91.3 Å². The minimum Gasteiger partial charge on any atom is -0.369 e. The Morgan fingerprint density at radius 3 is 2.19 bits per heavy atom. The first-order chi connectivity index (χ1) is 7.30. The fourth-order valence-electron chi connectivity index (χ4n) is 1.28. The van der Waals surface area contributed by atoms with Crippen LogP contribution in [0.1, 0.15) is 18.1 Å². The van der Waals surface area contributed by atoms with Gasteiger partial charge < -0.3 is 5.73 Å². The van der Waals surface area contributed by atoms with Crippen molar-refractivity contribution in [1.82, 2.24) is 0 Å². The minimum absolute atomic E-state index is 0.355. The molecule has 0 heterocycles. The van der Waals surface area contributed by atoms with Crippen LogP contribution in [0.3, 0.4) is 0 Å². The summed E-state index contributed by atoms with van der Waals surface area (Å²) >= 11 is 0. The molecule has 0 fully saturated rings. The molecule has 0 aromatic heterocycles. The molecule has 88 valence electrons. The number of hydrogen-bond acceptors (Lipinski definition) is 1. The van der Waals surface area contributed by atoms with Gasteiger partial charge >= 0.3 is 6.18 Å². The Morgan fingerprint density at radius 1 is 1.31 bits per heavy atom. The molecule has 1 rings (SSSR count). The summed E-state index contributed by atoms with van der Waals surface area (Å²) in [7, 11) is 0. The van der Waals surface area contributed by atoms with Gasteiger partial charge in [0.2, 0.25) is 5.91 Å². The van der Waals surface area contributed by atoms with E-state index < -0.39 is 17.6 Å². The number of primary amides is 1. The number of alkyl halides is 3. The normalized spacial score (nSPS) is 13.5. The van der Waals surface area contributed by atoms with Crippen LogP contribution in [0.25, 0.3) is 0 Å². The molecule has 0 aliphatic rings. The van der Waals surface area contributed by atoms with Crippen LogP contribution in [0.5, 0.6) is 0 Å². The Kier molecular flexibility index (Phi) is 3.57. The third-order valence-electron chi connectivity index (χ3n) is 2.31. The fourth-order valence-corrected chi connectivity index (χ4v) is 1.28. The lowest BCUT2D eigenvalue weighted by Crippen LogP contribution is -2.22. The lowest BCUT2D eigenvalue weighted by molar-refractivity contribution is -0.137. The summed E-state index contributed by atoms with van der Waals surface area (Å²) in [6, 6.07) is 4.73. The Balaban J connectivity index is 2.76. The van der Waals surface area contributed by atoms with Crippen molar-refractivity contribution in [2.24, 2.45) is 11.7 Å². The van der Waals surface area contributed by atoms with Crippen molar-refractivity contribution in [1.29, 1.82) is 0 Å². The first-order valence-corrected chi connectivity index (χ1v) is 4.76. The lowest BCUT2D eigenvalue weighted by Gasteiger charge is -2.09. The summed E-state index contributed by atoms with van der Waals surface area (Å²) in [6.45, 7) is 1.64. The van der Waals surface area contributed by atoms with Crippen LogP contribution in [-0.4, -0.2) is 5.91 Å². The van der Waals surface area contributed by atoms with E-state index in [9.17, 15) is 18.0 Å². The molecule has 0 aliphatic heterocycles. The van der Waals surface area contributed by atoms with Crippen LogP contribution in [-0.2, 0) is 17.4 Å². The Bertz CT molecular complexity index is 370. The van der Waals surface area contributed by atoms with Gasteiger partial charge in [0.25, 0.3) is 0 Å². The van der Waals surface area contributed by atoms with E-state index in [0.717, 1.165) is 12.1 Å². The number of carbonyl (C=O) groups excluding carboxylic acids is 1. The van der Waals surface area contributed by atoms with Gasteiger partial charge in [-0.25, -0.2) is 0 Å². The quantitative estimate of drug-likeness (QED) is 0.852. The van der Waals surface area contributed by atoms with Gasteiger partial charge in [-0.2, -0.15) is 13.2 Å². The molecule has 0 unspecified atom stereocenters. The van der Waals surface area contributed by atoms with E-state index >= 15 is 0 Å². The van der Waals surface area contributed by atoms with Crippen molar-refractivity contribution in [3.8, 4) is 0 Å². The summed E-state index contributed by atoms with van der Waals surface area (Å²) in [5.41, 5.74) is 5.04. The second-order valence-corrected chi connectivity index (χ2v) is 3.70. The number of hydrogen-bond donors (Lipinski definition) is 1. The van der Waals surface area contributed by atoms with E-state index in [-0.39, 0.29) is 5.92 Å². The van der Waals surface area contributed by atoms with Crippen LogP contribution in [0.15, 0.2) is 24.3 Å². The molecule has 2 N–H and O–H groups in total. The second-order valence-electron chi connectivity index (χ2n) is 3.70. The zero-order chi connectivity index (χ0) is 12.3. The van der Waals surface area contributed by atoms with Gasteiger partial charge in [0, 0.05) is 5.92 Å². The predicted molar refractivity (Wildman–Crippen MR) is 53.5 cm³/mol. The van der Waals surface area contributed by atoms with E-state index in [4.69, 9.17) is 5.73 Å². The first kappa shape index (κ1) is 12.5. The highest BCUT2D eigenvalue weighted by Crippen LogP contribution is 2.29. The summed E-state index contributed by atoms with van der Waals surface area (Å²) in [5.74, 6) is -0.836. The second kappa shape index (κ2) is 4.55. The van der Waals surface area contributed by atoms with Crippen molar-refractivity contribution >= 4 is 5.91 Å². The number of rotatable bonds is 3. The van der Waals surface area contributed by atoms with Gasteiger partial charge in [0.05, 0.1) is 5.56 Å². The number of benzene rings is 1. The van der Waals surface area contributed by atoms with Crippen molar-refractivity contribution in [3.63, 3.8) is 0 Å². The molecule has 1 amide bonds. The van der Waals surface area contributed by atoms with Gasteiger partial charge in [-0.15, -0.1) is 0 Å². The van der Waals surface area contributed by atoms with Crippen molar-refractivity contribution in [2.45, 2.75) is 19.5 Å². The maximum Gasteiger partial charge on any atom is 0.416 e. The van der Waals surface area contributed by atoms with Crippen LogP contribution in [0, 0.1) is 5.92 Å². The van der Waals surface area contributed by atoms with Crippen molar-refractivity contribution < 1.29 is 18.0 Å². The molecular weight excluding hydrogens is 219 g/mol. The van der Waals surface area contributed by atoms with Gasteiger partial charge in [-0.1, -0.05) is 19.1 Å². The molecule has 1 aromatic rings. The number of nitrogens with two attached hydrogens (primary N) is 1. The highest BCUT2D eigenvalue weighted by molar-refractivity contribution is 5.76. The van der Waals surface area contributed by atoms with E-state index in [1.807, 2.05) is 0 Å². The number of halogens is 3. The molecule has 0 saturated carbocycles. The van der Waals surface area contributed by atoms with Gasteiger partial charge in [0.1, 0.15) is 0 Å². The summed E-state index contributed by atoms with van der Waals surface area (Å²) < 4.78 is 36.7. The van der Waals surface area contributed by atoms with E-state index in [1.165, 1.54) is 12.1 Å². The molecule has 0 aliphatic carbocycles. The average molecular weight is 231 g/mol. The molecule has 1 atom stereocenters. The van der Waals surface area contributed by atoms with Crippen molar-refractivity contribution in [3.05, 3.63) is 35.4 Å². The highest BCUT2D eigenvalue weighted by Gasteiger charge is 2.29. The summed E-state index contributed by atoms with van der Waals surface area (Å²) in [5, 5.41) is 0. The van der Waals surface area contributed by atoms with E-state index in [0.29, 0.717) is 12.0 Å². The molecule has 0 saturated heterocycles. The molecule has 0 radical (unpaired) electrons. The first-order valence-electron chi connectivity index (χ1n) is 4.76. The SMILES string of the molecule is C[C@H](Cc1ccc(C(F)(F)F)cc1)C(N)=O. The van der Waals surface area contributed by atoms with Gasteiger partial charge in [-0.3, -0.25) is 4.79 Å². The van der Waals surface area contributed by atoms with Gasteiger partial charge in [-0.05, 0) is 24.1 Å². The smallest absolute Gasteiger partial charge is 0.369 e. The number of amides is 1. The minimum atomic E-state index is -4.33. The number of carbonyl (C=O) groups is 1. The molecular formula is C11H12F3NO. The van der Waals surface area contributed by atoms with Crippen LogP contribution in [0.2, 0.25) is 0 Å². The molecule has 1 aromatic carbocycles. The third-order valence-corrected chi connectivity index (χ3v) is 2.31. The zero-order valence-corrected chi connectivity index (χ0v) is 8.71. The van der Waals surface area contributed by atoms with Crippen LogP contribution < -0.4 is 5.73 Å². The standard InChI is InChI=1S/C11H12F3NO/c1-7(10(15)16)6-8-2-4-9(5-3-8)11(12,13)14/h2-5,7H,6H2,1H3,(H2,15,16)/t7-/m1/s1. The Hall–Kier alpha value is -1.52.